The Labute approximate surface area is 60.0 Å². The van der Waals surface area contributed by atoms with Crippen LogP contribution in [-0.2, 0) is 4.79 Å². The van der Waals surface area contributed by atoms with E-state index in [-0.39, 0.29) is 18.6 Å². The number of likely N-dealkylation sites (tertiary alicyclic amines) is 1. The first-order chi connectivity index (χ1) is 4.79. The van der Waals surface area contributed by atoms with Gasteiger partial charge >= 0.3 is 0 Å². The van der Waals surface area contributed by atoms with Crippen LogP contribution in [0.15, 0.2) is 0 Å². The van der Waals surface area contributed by atoms with Gasteiger partial charge in [-0.15, -0.1) is 0 Å². The van der Waals surface area contributed by atoms with Gasteiger partial charge in [-0.2, -0.15) is 0 Å². The molecule has 0 aliphatic carbocycles. The van der Waals surface area contributed by atoms with Gasteiger partial charge in [-0.3, -0.25) is 4.79 Å². The van der Waals surface area contributed by atoms with Crippen LogP contribution in [0.5, 0.6) is 0 Å². The number of amides is 1. The Hall–Kier alpha value is -0.600. The molecule has 3 heteroatoms. The molecule has 10 heavy (non-hydrogen) atoms. The molecule has 0 bridgehead atoms. The lowest BCUT2D eigenvalue weighted by atomic mass is 10.2. The monoisotopic (exact) mass is 145 g/mol. The maximum absolute atomic E-state index is 12.1. The van der Waals surface area contributed by atoms with Gasteiger partial charge in [0, 0.05) is 13.0 Å². The highest BCUT2D eigenvalue weighted by molar-refractivity contribution is 5.78. The van der Waals surface area contributed by atoms with E-state index in [9.17, 15) is 9.18 Å². The molecule has 58 valence electrons. The number of hydrogen-bond donors (Lipinski definition) is 0. The second-order valence-electron chi connectivity index (χ2n) is 2.53. The minimum Gasteiger partial charge on any atom is -0.337 e. The van der Waals surface area contributed by atoms with Crippen LogP contribution in [-0.4, -0.2) is 30.1 Å². The number of alkyl halides is 1. The lowest BCUT2D eigenvalue weighted by molar-refractivity contribution is -0.128. The van der Waals surface area contributed by atoms with Gasteiger partial charge in [-0.05, 0) is 13.3 Å². The molecule has 0 aromatic rings. The first-order valence-electron chi connectivity index (χ1n) is 3.65. The van der Waals surface area contributed by atoms with E-state index in [1.165, 1.54) is 0 Å². The fraction of sp³-hybridized carbons (Fsp3) is 0.857. The molecule has 1 atom stereocenters. The first-order valence-corrected chi connectivity index (χ1v) is 3.65. The number of rotatable bonds is 2. The zero-order valence-electron chi connectivity index (χ0n) is 6.14. The van der Waals surface area contributed by atoms with Gasteiger partial charge in [-0.25, -0.2) is 4.39 Å². The Balaban J connectivity index is 2.54. The van der Waals surface area contributed by atoms with E-state index in [2.05, 4.69) is 0 Å². The summed E-state index contributed by atoms with van der Waals surface area (Å²) < 4.78 is 12.1. The molecule has 2 nitrogen and oxygen atoms in total. The van der Waals surface area contributed by atoms with Crippen molar-refractivity contribution in [3.05, 3.63) is 0 Å². The van der Waals surface area contributed by atoms with Crippen LogP contribution in [0.4, 0.5) is 4.39 Å². The lowest BCUT2D eigenvalue weighted by Crippen LogP contribution is -2.33. The van der Waals surface area contributed by atoms with Crippen molar-refractivity contribution >= 4 is 5.91 Å². The summed E-state index contributed by atoms with van der Waals surface area (Å²) in [5, 5.41) is 0. The zero-order chi connectivity index (χ0) is 7.56. The van der Waals surface area contributed by atoms with Gasteiger partial charge in [0.15, 0.2) is 0 Å². The van der Waals surface area contributed by atoms with Crippen molar-refractivity contribution in [2.24, 2.45) is 0 Å². The van der Waals surface area contributed by atoms with Crippen LogP contribution in [0.25, 0.3) is 0 Å². The summed E-state index contributed by atoms with van der Waals surface area (Å²) in [7, 11) is 0. The van der Waals surface area contributed by atoms with E-state index < -0.39 is 0 Å². The standard InChI is InChI=1S/C7H12FNO/c1-2-9-6(5-8)3-4-7(9)10/h6H,2-5H2,1H3. The van der Waals surface area contributed by atoms with E-state index in [0.717, 1.165) is 0 Å². The van der Waals surface area contributed by atoms with Crippen molar-refractivity contribution in [3.63, 3.8) is 0 Å². The summed E-state index contributed by atoms with van der Waals surface area (Å²) in [6.07, 6.45) is 1.23. The van der Waals surface area contributed by atoms with Gasteiger partial charge in [-0.1, -0.05) is 0 Å². The normalized spacial score (nSPS) is 26.0. The largest absolute Gasteiger partial charge is 0.337 e. The predicted molar refractivity (Wildman–Crippen MR) is 36.4 cm³/mol. The molecule has 0 N–H and O–H groups in total. The highest BCUT2D eigenvalue weighted by Gasteiger charge is 2.28. The Kier molecular flexibility index (Phi) is 2.25. The molecule has 1 unspecified atom stereocenters. The Morgan fingerprint density at radius 2 is 2.50 bits per heavy atom. The summed E-state index contributed by atoms with van der Waals surface area (Å²) in [5.41, 5.74) is 0. The predicted octanol–water partition coefficient (Wildman–Crippen LogP) is 0.967. The second kappa shape index (κ2) is 2.99. The first kappa shape index (κ1) is 7.51. The van der Waals surface area contributed by atoms with Gasteiger partial charge < -0.3 is 4.90 Å². The molecule has 1 saturated heterocycles. The summed E-state index contributed by atoms with van der Waals surface area (Å²) in [6, 6.07) is -0.127. The maximum Gasteiger partial charge on any atom is 0.222 e. The van der Waals surface area contributed by atoms with Crippen LogP contribution in [0.1, 0.15) is 19.8 Å². The van der Waals surface area contributed by atoms with Crippen LogP contribution < -0.4 is 0 Å². The second-order valence-corrected chi connectivity index (χ2v) is 2.53. The Morgan fingerprint density at radius 1 is 1.80 bits per heavy atom. The quantitative estimate of drug-likeness (QED) is 0.567. The summed E-state index contributed by atoms with van der Waals surface area (Å²) in [5.74, 6) is 0.102. The third kappa shape index (κ3) is 1.13. The number of carbonyl (C=O) groups is 1. The van der Waals surface area contributed by atoms with E-state index in [4.69, 9.17) is 0 Å². The van der Waals surface area contributed by atoms with E-state index in [1.807, 2.05) is 6.92 Å². The third-order valence-electron chi connectivity index (χ3n) is 1.97. The van der Waals surface area contributed by atoms with Crippen LogP contribution in [0.2, 0.25) is 0 Å². The average Bonchev–Trinajstić information content (AvgIpc) is 2.30. The molecule has 1 aliphatic heterocycles. The maximum atomic E-state index is 12.1. The molecule has 1 rings (SSSR count). The molecule has 1 amide bonds. The van der Waals surface area contributed by atoms with Gasteiger partial charge in [0.25, 0.3) is 0 Å². The van der Waals surface area contributed by atoms with Crippen molar-refractivity contribution in [3.8, 4) is 0 Å². The van der Waals surface area contributed by atoms with E-state index in [1.54, 1.807) is 4.90 Å². The van der Waals surface area contributed by atoms with Crippen molar-refractivity contribution < 1.29 is 9.18 Å². The molecule has 0 aromatic carbocycles. The highest BCUT2D eigenvalue weighted by atomic mass is 19.1. The summed E-state index contributed by atoms with van der Waals surface area (Å²) in [4.78, 5) is 12.5. The van der Waals surface area contributed by atoms with Crippen molar-refractivity contribution in [2.75, 3.05) is 13.2 Å². The SMILES string of the molecule is CCN1C(=O)CCC1CF. The zero-order valence-corrected chi connectivity index (χ0v) is 6.14. The molecule has 0 saturated carbocycles. The van der Waals surface area contributed by atoms with Crippen LogP contribution >= 0.6 is 0 Å². The van der Waals surface area contributed by atoms with Crippen LogP contribution in [0, 0.1) is 0 Å². The highest BCUT2D eigenvalue weighted by Crippen LogP contribution is 2.17. The Bertz CT molecular complexity index is 138. The van der Waals surface area contributed by atoms with Crippen molar-refractivity contribution in [1.29, 1.82) is 0 Å². The molecular weight excluding hydrogens is 133 g/mol. The average molecular weight is 145 g/mol. The Morgan fingerprint density at radius 3 is 2.90 bits per heavy atom. The molecule has 0 radical (unpaired) electrons. The minimum atomic E-state index is -0.389. The topological polar surface area (TPSA) is 20.3 Å². The van der Waals surface area contributed by atoms with E-state index >= 15 is 0 Å². The van der Waals surface area contributed by atoms with Gasteiger partial charge in [0.2, 0.25) is 5.91 Å². The van der Waals surface area contributed by atoms with E-state index in [0.29, 0.717) is 19.4 Å². The number of carbonyl (C=O) groups excluding carboxylic acids is 1. The van der Waals surface area contributed by atoms with Gasteiger partial charge in [0.05, 0.1) is 6.04 Å². The fourth-order valence-electron chi connectivity index (χ4n) is 1.39. The minimum absolute atomic E-state index is 0.102. The molecule has 0 aromatic heterocycles. The molecule has 1 heterocycles. The summed E-state index contributed by atoms with van der Waals surface area (Å²) in [6.45, 7) is 2.14. The molecule has 1 fully saturated rings. The fourth-order valence-corrected chi connectivity index (χ4v) is 1.39. The molecule has 0 spiro atoms. The molecular formula is C7H12FNO. The number of nitrogens with zero attached hydrogens (tertiary/aromatic N) is 1. The number of halogens is 1. The van der Waals surface area contributed by atoms with Gasteiger partial charge in [0.1, 0.15) is 6.67 Å². The van der Waals surface area contributed by atoms with Crippen molar-refractivity contribution in [2.45, 2.75) is 25.8 Å². The molecule has 1 aliphatic rings. The van der Waals surface area contributed by atoms with Crippen LogP contribution in [0.3, 0.4) is 0 Å². The van der Waals surface area contributed by atoms with Crippen molar-refractivity contribution in [1.82, 2.24) is 4.90 Å². The lowest BCUT2D eigenvalue weighted by Gasteiger charge is -2.19. The smallest absolute Gasteiger partial charge is 0.222 e. The third-order valence-corrected chi connectivity index (χ3v) is 1.97. The number of hydrogen-bond acceptors (Lipinski definition) is 1. The summed E-state index contributed by atoms with van der Waals surface area (Å²) >= 11 is 0.